The Bertz CT molecular complexity index is 717. The van der Waals surface area contributed by atoms with Crippen LogP contribution in [0.4, 0.5) is 0 Å². The Morgan fingerprint density at radius 1 is 1.25 bits per heavy atom. The van der Waals surface area contributed by atoms with Crippen LogP contribution in [0.5, 0.6) is 0 Å². The minimum absolute atomic E-state index is 0.0232. The Morgan fingerprint density at radius 3 is 2.62 bits per heavy atom. The summed E-state index contributed by atoms with van der Waals surface area (Å²) in [4.78, 5) is 15.0. The first-order chi connectivity index (χ1) is 11.4. The highest BCUT2D eigenvalue weighted by atomic mass is 32.2. The number of piperidine rings is 1. The van der Waals surface area contributed by atoms with E-state index in [4.69, 9.17) is 0 Å². The Labute approximate surface area is 144 Å². The van der Waals surface area contributed by atoms with Gasteiger partial charge in [0.1, 0.15) is 6.04 Å². The van der Waals surface area contributed by atoms with Gasteiger partial charge in [0.05, 0.1) is 5.75 Å². The second kappa shape index (κ2) is 6.84. The number of carbonyl (C=O) groups excluding carboxylic acids is 1. The van der Waals surface area contributed by atoms with Gasteiger partial charge >= 0.3 is 0 Å². The molecule has 1 saturated heterocycles. The van der Waals surface area contributed by atoms with E-state index in [9.17, 15) is 13.2 Å². The van der Waals surface area contributed by atoms with Crippen LogP contribution in [-0.2, 0) is 27.8 Å². The Balaban J connectivity index is 1.92. The molecule has 0 aromatic heterocycles. The van der Waals surface area contributed by atoms with E-state index in [0.29, 0.717) is 18.9 Å². The van der Waals surface area contributed by atoms with Gasteiger partial charge in [0.25, 0.3) is 0 Å². The van der Waals surface area contributed by atoms with Crippen LogP contribution in [-0.4, -0.2) is 48.4 Å². The minimum Gasteiger partial charge on any atom is -0.341 e. The van der Waals surface area contributed by atoms with E-state index in [2.05, 4.69) is 6.92 Å². The van der Waals surface area contributed by atoms with Gasteiger partial charge in [-0.1, -0.05) is 31.2 Å². The second-order valence-corrected chi connectivity index (χ2v) is 9.18. The lowest BCUT2D eigenvalue weighted by Crippen LogP contribution is -2.55. The Kier molecular flexibility index (Phi) is 4.97. The third kappa shape index (κ3) is 3.35. The summed E-state index contributed by atoms with van der Waals surface area (Å²) in [6.45, 7) is 5.56. The van der Waals surface area contributed by atoms with Crippen molar-refractivity contribution in [2.75, 3.05) is 18.8 Å². The zero-order valence-electron chi connectivity index (χ0n) is 14.4. The highest BCUT2D eigenvalue weighted by Gasteiger charge is 2.40. The van der Waals surface area contributed by atoms with E-state index in [1.165, 1.54) is 4.31 Å². The lowest BCUT2D eigenvalue weighted by Gasteiger charge is -2.39. The molecule has 2 atom stereocenters. The quantitative estimate of drug-likeness (QED) is 0.838. The molecule has 2 unspecified atom stereocenters. The topological polar surface area (TPSA) is 57.7 Å². The molecule has 1 amide bonds. The van der Waals surface area contributed by atoms with Gasteiger partial charge in [0.2, 0.25) is 15.9 Å². The fourth-order valence-corrected chi connectivity index (χ4v) is 4.99. The van der Waals surface area contributed by atoms with Gasteiger partial charge in [-0.3, -0.25) is 4.79 Å². The summed E-state index contributed by atoms with van der Waals surface area (Å²) < 4.78 is 26.6. The third-order valence-corrected chi connectivity index (χ3v) is 7.01. The number of nitrogens with zero attached hydrogens (tertiary/aromatic N) is 2. The number of hydrogen-bond donors (Lipinski definition) is 0. The molecule has 2 aliphatic heterocycles. The number of fused-ring (bicyclic) bond motifs is 1. The van der Waals surface area contributed by atoms with E-state index in [1.807, 2.05) is 29.2 Å². The lowest BCUT2D eigenvalue weighted by atomic mass is 9.93. The van der Waals surface area contributed by atoms with Crippen molar-refractivity contribution in [2.45, 2.75) is 45.7 Å². The molecule has 5 nitrogen and oxygen atoms in total. The van der Waals surface area contributed by atoms with E-state index >= 15 is 0 Å². The molecule has 1 aromatic carbocycles. The maximum Gasteiger partial charge on any atom is 0.241 e. The molecule has 0 radical (unpaired) electrons. The first kappa shape index (κ1) is 17.4. The molecule has 0 bridgehead atoms. The Morgan fingerprint density at radius 2 is 1.96 bits per heavy atom. The van der Waals surface area contributed by atoms with Crippen LogP contribution in [0.15, 0.2) is 24.3 Å². The maximum absolute atomic E-state index is 13.1. The molecule has 24 heavy (non-hydrogen) atoms. The number of carbonyl (C=O) groups is 1. The van der Waals surface area contributed by atoms with Gasteiger partial charge in [-0.15, -0.1) is 0 Å². The summed E-state index contributed by atoms with van der Waals surface area (Å²) in [5, 5.41) is 0. The predicted octanol–water partition coefficient (Wildman–Crippen LogP) is 2.02. The minimum atomic E-state index is -3.42. The highest BCUT2D eigenvalue weighted by Crippen LogP contribution is 2.28. The van der Waals surface area contributed by atoms with Gasteiger partial charge in [0, 0.05) is 19.6 Å². The number of benzene rings is 1. The number of likely N-dealkylation sites (tertiary alicyclic amines) is 1. The molecule has 2 aliphatic rings. The van der Waals surface area contributed by atoms with Crippen molar-refractivity contribution in [3.8, 4) is 0 Å². The highest BCUT2D eigenvalue weighted by molar-refractivity contribution is 7.89. The number of hydrogen-bond acceptors (Lipinski definition) is 3. The first-order valence-electron chi connectivity index (χ1n) is 8.77. The predicted molar refractivity (Wildman–Crippen MR) is 93.9 cm³/mol. The van der Waals surface area contributed by atoms with Crippen LogP contribution in [0.2, 0.25) is 0 Å². The third-order valence-electron chi connectivity index (χ3n) is 5.18. The van der Waals surface area contributed by atoms with E-state index in [1.54, 1.807) is 6.92 Å². The fourth-order valence-electron chi connectivity index (χ4n) is 3.77. The van der Waals surface area contributed by atoms with Crippen molar-refractivity contribution < 1.29 is 13.2 Å². The summed E-state index contributed by atoms with van der Waals surface area (Å²) >= 11 is 0. The molecular formula is C18H26N2O3S. The molecule has 0 N–H and O–H groups in total. The number of rotatable bonds is 3. The van der Waals surface area contributed by atoms with Crippen molar-refractivity contribution in [1.29, 1.82) is 0 Å². The molecule has 1 aromatic rings. The lowest BCUT2D eigenvalue weighted by molar-refractivity contribution is -0.137. The molecule has 6 heteroatoms. The van der Waals surface area contributed by atoms with Crippen LogP contribution in [0, 0.1) is 5.92 Å². The largest absolute Gasteiger partial charge is 0.341 e. The van der Waals surface area contributed by atoms with E-state index in [-0.39, 0.29) is 11.7 Å². The van der Waals surface area contributed by atoms with Crippen molar-refractivity contribution in [3.63, 3.8) is 0 Å². The molecule has 1 fully saturated rings. The van der Waals surface area contributed by atoms with Gasteiger partial charge in [-0.05, 0) is 43.2 Å². The summed E-state index contributed by atoms with van der Waals surface area (Å²) in [5.74, 6) is 0.470. The Hall–Kier alpha value is -1.40. The normalized spacial score (nSPS) is 25.3. The van der Waals surface area contributed by atoms with Gasteiger partial charge in [-0.25, -0.2) is 8.42 Å². The summed E-state index contributed by atoms with van der Waals surface area (Å²) in [5.41, 5.74) is 2.09. The molecule has 132 valence electrons. The molecule has 2 heterocycles. The zero-order valence-corrected chi connectivity index (χ0v) is 15.3. The standard InChI is InChI=1S/C18H26N2O3S/c1-3-24(22,23)20-13-16-9-5-4-8-15(16)11-17(20)18(21)19-10-6-7-14(2)12-19/h4-5,8-9,14,17H,3,6-7,10-13H2,1-2H3. The van der Waals surface area contributed by atoms with Crippen molar-refractivity contribution in [2.24, 2.45) is 5.92 Å². The smallest absolute Gasteiger partial charge is 0.241 e. The van der Waals surface area contributed by atoms with E-state index < -0.39 is 16.1 Å². The van der Waals surface area contributed by atoms with Crippen LogP contribution in [0.25, 0.3) is 0 Å². The van der Waals surface area contributed by atoms with Crippen LogP contribution >= 0.6 is 0 Å². The van der Waals surface area contributed by atoms with Gasteiger partial charge in [-0.2, -0.15) is 4.31 Å². The van der Waals surface area contributed by atoms with E-state index in [0.717, 1.165) is 37.1 Å². The number of sulfonamides is 1. The summed E-state index contributed by atoms with van der Waals surface area (Å²) in [6.07, 6.45) is 2.60. The maximum atomic E-state index is 13.1. The van der Waals surface area contributed by atoms with Crippen LogP contribution < -0.4 is 0 Å². The van der Waals surface area contributed by atoms with Gasteiger partial charge < -0.3 is 4.90 Å². The monoisotopic (exact) mass is 350 g/mol. The molecule has 0 spiro atoms. The summed E-state index contributed by atoms with van der Waals surface area (Å²) in [6, 6.07) is 7.23. The number of amides is 1. The molecular weight excluding hydrogens is 324 g/mol. The molecule has 0 saturated carbocycles. The zero-order chi connectivity index (χ0) is 17.3. The second-order valence-electron chi connectivity index (χ2n) is 6.97. The molecule has 3 rings (SSSR count). The van der Waals surface area contributed by atoms with Crippen molar-refractivity contribution in [1.82, 2.24) is 9.21 Å². The fraction of sp³-hybridized carbons (Fsp3) is 0.611. The average molecular weight is 350 g/mol. The van der Waals surface area contributed by atoms with Crippen LogP contribution in [0.1, 0.15) is 37.8 Å². The average Bonchev–Trinajstić information content (AvgIpc) is 2.60. The summed E-state index contributed by atoms with van der Waals surface area (Å²) in [7, 11) is -3.42. The van der Waals surface area contributed by atoms with Crippen molar-refractivity contribution >= 4 is 15.9 Å². The van der Waals surface area contributed by atoms with Crippen molar-refractivity contribution in [3.05, 3.63) is 35.4 Å². The SMILES string of the molecule is CCS(=O)(=O)N1Cc2ccccc2CC1C(=O)N1CCCC(C)C1. The molecule has 0 aliphatic carbocycles. The van der Waals surface area contributed by atoms with Crippen LogP contribution in [0.3, 0.4) is 0 Å². The van der Waals surface area contributed by atoms with Gasteiger partial charge in [0.15, 0.2) is 0 Å². The first-order valence-corrected chi connectivity index (χ1v) is 10.4.